The van der Waals surface area contributed by atoms with Crippen molar-refractivity contribution in [3.8, 4) is 0 Å². The number of thioether (sulfide) groups is 1. The molecule has 0 spiro atoms. The number of rotatable bonds is 4. The van der Waals surface area contributed by atoms with Crippen molar-refractivity contribution >= 4 is 16.9 Å². The summed E-state index contributed by atoms with van der Waals surface area (Å²) in [7, 11) is 0. The Morgan fingerprint density at radius 3 is 2.88 bits per heavy atom. The molecule has 0 saturated carbocycles. The molecule has 2 rings (SSSR count). The Balaban J connectivity index is 1.64. The van der Waals surface area contributed by atoms with Crippen molar-refractivity contribution in [1.82, 2.24) is 5.32 Å². The smallest absolute Gasteiger partial charge is 0.156 e. The van der Waals surface area contributed by atoms with Crippen LogP contribution in [0.15, 0.2) is 35.3 Å². The lowest BCUT2D eigenvalue weighted by Crippen LogP contribution is -2.27. The number of hydrogen-bond acceptors (Lipinski definition) is 3. The van der Waals surface area contributed by atoms with E-state index >= 15 is 0 Å². The third-order valence-corrected chi connectivity index (χ3v) is 4.09. The summed E-state index contributed by atoms with van der Waals surface area (Å²) < 4.78 is 0. The Hall–Kier alpha value is -0.960. The second-order valence-electron chi connectivity index (χ2n) is 4.58. The first-order chi connectivity index (χ1) is 8.34. The molecule has 3 heteroatoms. The fourth-order valence-electron chi connectivity index (χ4n) is 1.80. The van der Waals surface area contributed by atoms with E-state index in [0.717, 1.165) is 30.6 Å². The third-order valence-electron chi connectivity index (χ3n) is 2.81. The number of nitrogens with one attached hydrogen (secondary N) is 1. The average Bonchev–Trinajstić information content (AvgIpc) is 2.38. The predicted octanol–water partition coefficient (Wildman–Crippen LogP) is 2.95. The summed E-state index contributed by atoms with van der Waals surface area (Å²) in [5.41, 5.74) is 1.42. The van der Waals surface area contributed by atoms with Gasteiger partial charge in [-0.1, -0.05) is 49.0 Å². The lowest BCUT2D eigenvalue weighted by atomic mass is 10.1. The van der Waals surface area contributed by atoms with Gasteiger partial charge in [0, 0.05) is 18.8 Å². The summed E-state index contributed by atoms with van der Waals surface area (Å²) in [6.07, 6.45) is 2.31. The highest BCUT2D eigenvalue weighted by molar-refractivity contribution is 8.13. The van der Waals surface area contributed by atoms with Gasteiger partial charge in [-0.25, -0.2) is 0 Å². The number of hydrogen-bond donors (Lipinski definition) is 1. The van der Waals surface area contributed by atoms with Crippen molar-refractivity contribution in [2.75, 3.05) is 18.8 Å². The molecule has 0 saturated heterocycles. The maximum Gasteiger partial charge on any atom is 0.156 e. The van der Waals surface area contributed by atoms with E-state index in [1.807, 2.05) is 11.8 Å². The number of nitrogens with zero attached hydrogens (tertiary/aromatic N) is 1. The maximum absolute atomic E-state index is 4.52. The lowest BCUT2D eigenvalue weighted by molar-refractivity contribution is 0.667. The molecular weight excluding hydrogens is 228 g/mol. The zero-order valence-electron chi connectivity index (χ0n) is 10.4. The molecule has 1 N–H and O–H groups in total. The summed E-state index contributed by atoms with van der Waals surface area (Å²) in [6.45, 7) is 4.26. The molecule has 92 valence electrons. The molecule has 0 amide bonds. The van der Waals surface area contributed by atoms with Gasteiger partial charge in [0.2, 0.25) is 0 Å². The molecule has 1 heterocycles. The van der Waals surface area contributed by atoms with Gasteiger partial charge in [-0.05, 0) is 24.3 Å². The van der Waals surface area contributed by atoms with E-state index in [-0.39, 0.29) is 0 Å². The molecule has 0 aromatic heterocycles. The summed E-state index contributed by atoms with van der Waals surface area (Å²) in [5.74, 6) is 1.93. The number of aryl methyl sites for hydroxylation is 1. The minimum atomic E-state index is 0.731. The van der Waals surface area contributed by atoms with Gasteiger partial charge in [-0.15, -0.1) is 0 Å². The van der Waals surface area contributed by atoms with E-state index < -0.39 is 0 Å². The molecule has 0 fully saturated rings. The number of aliphatic imine (C=N–C) groups is 1. The molecule has 1 aromatic rings. The van der Waals surface area contributed by atoms with Gasteiger partial charge >= 0.3 is 0 Å². The second kappa shape index (κ2) is 6.70. The Bertz CT molecular complexity index is 362. The molecule has 0 bridgehead atoms. The average molecular weight is 248 g/mol. The van der Waals surface area contributed by atoms with E-state index in [4.69, 9.17) is 0 Å². The second-order valence-corrected chi connectivity index (χ2v) is 5.59. The molecule has 1 unspecified atom stereocenters. The van der Waals surface area contributed by atoms with Crippen LogP contribution < -0.4 is 5.32 Å². The fraction of sp³-hybridized carbons (Fsp3) is 0.500. The van der Waals surface area contributed by atoms with Crippen LogP contribution in [0.4, 0.5) is 0 Å². The van der Waals surface area contributed by atoms with Crippen molar-refractivity contribution < 1.29 is 0 Å². The largest absolute Gasteiger partial charge is 0.365 e. The number of amidine groups is 1. The van der Waals surface area contributed by atoms with Crippen molar-refractivity contribution in [3.63, 3.8) is 0 Å². The third kappa shape index (κ3) is 4.43. The van der Waals surface area contributed by atoms with Crippen molar-refractivity contribution in [2.24, 2.45) is 10.9 Å². The van der Waals surface area contributed by atoms with Gasteiger partial charge in [0.1, 0.15) is 0 Å². The minimum Gasteiger partial charge on any atom is -0.365 e. The van der Waals surface area contributed by atoms with Crippen LogP contribution in [-0.4, -0.2) is 24.0 Å². The maximum atomic E-state index is 4.52. The lowest BCUT2D eigenvalue weighted by Gasteiger charge is -2.17. The molecule has 1 aliphatic rings. The van der Waals surface area contributed by atoms with E-state index in [1.165, 1.54) is 17.7 Å². The van der Waals surface area contributed by atoms with Crippen molar-refractivity contribution in [3.05, 3.63) is 35.9 Å². The van der Waals surface area contributed by atoms with E-state index in [1.54, 1.807) is 0 Å². The van der Waals surface area contributed by atoms with Gasteiger partial charge in [0.15, 0.2) is 5.17 Å². The minimum absolute atomic E-state index is 0.731. The normalized spacial score (nSPS) is 19.8. The molecule has 1 atom stereocenters. The van der Waals surface area contributed by atoms with Crippen LogP contribution in [0.2, 0.25) is 0 Å². The Morgan fingerprint density at radius 2 is 2.18 bits per heavy atom. The number of benzene rings is 1. The summed E-state index contributed by atoms with van der Waals surface area (Å²) in [4.78, 5) is 4.52. The highest BCUT2D eigenvalue weighted by Gasteiger charge is 2.10. The van der Waals surface area contributed by atoms with Gasteiger partial charge in [-0.3, -0.25) is 4.99 Å². The molecule has 1 aliphatic heterocycles. The molecule has 0 radical (unpaired) electrons. The Labute approximate surface area is 108 Å². The first-order valence-corrected chi connectivity index (χ1v) is 7.28. The first kappa shape index (κ1) is 12.5. The van der Waals surface area contributed by atoms with Crippen LogP contribution in [0, 0.1) is 5.92 Å². The van der Waals surface area contributed by atoms with Crippen LogP contribution in [0.5, 0.6) is 0 Å². The summed E-state index contributed by atoms with van der Waals surface area (Å²) in [6, 6.07) is 10.6. The van der Waals surface area contributed by atoms with Crippen LogP contribution in [-0.2, 0) is 6.42 Å². The van der Waals surface area contributed by atoms with Gasteiger partial charge in [-0.2, -0.15) is 0 Å². The van der Waals surface area contributed by atoms with Crippen LogP contribution in [0.3, 0.4) is 0 Å². The topological polar surface area (TPSA) is 24.4 Å². The monoisotopic (exact) mass is 248 g/mol. The highest BCUT2D eigenvalue weighted by atomic mass is 32.2. The Kier molecular flexibility index (Phi) is 4.92. The molecule has 1 aromatic carbocycles. The van der Waals surface area contributed by atoms with Crippen molar-refractivity contribution in [1.29, 1.82) is 0 Å². The summed E-state index contributed by atoms with van der Waals surface area (Å²) in [5, 5.41) is 4.56. The molecule has 0 aliphatic carbocycles. The van der Waals surface area contributed by atoms with E-state index in [9.17, 15) is 0 Å². The van der Waals surface area contributed by atoms with Crippen LogP contribution >= 0.6 is 11.8 Å². The SMILES string of the molecule is CC1CN=C(NCCCc2ccccc2)SC1. The zero-order valence-corrected chi connectivity index (χ0v) is 11.2. The van der Waals surface area contributed by atoms with E-state index in [0.29, 0.717) is 0 Å². The first-order valence-electron chi connectivity index (χ1n) is 6.29. The zero-order chi connectivity index (χ0) is 11.9. The van der Waals surface area contributed by atoms with Crippen LogP contribution in [0.1, 0.15) is 18.9 Å². The predicted molar refractivity (Wildman–Crippen MR) is 76.7 cm³/mol. The van der Waals surface area contributed by atoms with Gasteiger partial charge in [0.05, 0.1) is 0 Å². The van der Waals surface area contributed by atoms with Gasteiger partial charge < -0.3 is 5.32 Å². The van der Waals surface area contributed by atoms with E-state index in [2.05, 4.69) is 47.6 Å². The molecule has 17 heavy (non-hydrogen) atoms. The van der Waals surface area contributed by atoms with Crippen LogP contribution in [0.25, 0.3) is 0 Å². The van der Waals surface area contributed by atoms with Gasteiger partial charge in [0.25, 0.3) is 0 Å². The van der Waals surface area contributed by atoms with Crippen molar-refractivity contribution in [2.45, 2.75) is 19.8 Å². The quantitative estimate of drug-likeness (QED) is 0.829. The molecule has 2 nitrogen and oxygen atoms in total. The summed E-state index contributed by atoms with van der Waals surface area (Å²) >= 11 is 1.86. The standard InChI is InChI=1S/C14H20N2S/c1-12-10-16-14(17-11-12)15-9-5-8-13-6-3-2-4-7-13/h2-4,6-7,12H,5,8-11H2,1H3,(H,15,16). The highest BCUT2D eigenvalue weighted by Crippen LogP contribution is 2.15. The molecular formula is C14H20N2S. The Morgan fingerprint density at radius 1 is 1.35 bits per heavy atom. The fourth-order valence-corrected chi connectivity index (χ4v) is 2.72.